The van der Waals surface area contributed by atoms with Crippen LogP contribution in [0.15, 0.2) is 54.6 Å². The Kier molecular flexibility index (Phi) is 2.44. The molecule has 0 N–H and O–H groups in total. The Morgan fingerprint density at radius 2 is 1.53 bits per heavy atom. The quantitative estimate of drug-likeness (QED) is 0.743. The predicted molar refractivity (Wildman–Crippen MR) is 78.7 cm³/mol. The highest BCUT2D eigenvalue weighted by Crippen LogP contribution is 2.33. The van der Waals surface area contributed by atoms with Crippen LogP contribution < -0.4 is 0 Å². The van der Waals surface area contributed by atoms with Gasteiger partial charge >= 0.3 is 0 Å². The Bertz CT molecular complexity index is 654. The molecule has 19 heavy (non-hydrogen) atoms. The molecule has 2 aliphatic rings. The first-order valence-corrected chi connectivity index (χ1v) is 7.02. The summed E-state index contributed by atoms with van der Waals surface area (Å²) in [6.07, 6.45) is 4.64. The summed E-state index contributed by atoms with van der Waals surface area (Å²) >= 11 is 0. The first-order valence-electron chi connectivity index (χ1n) is 7.02. The molecule has 0 saturated carbocycles. The van der Waals surface area contributed by atoms with Crippen LogP contribution in [0, 0.1) is 0 Å². The van der Waals surface area contributed by atoms with E-state index >= 15 is 0 Å². The molecule has 1 heteroatoms. The number of fused-ring (bicyclic) bond motifs is 2. The van der Waals surface area contributed by atoms with Crippen LogP contribution in [0.25, 0.3) is 5.70 Å². The second-order valence-corrected chi connectivity index (χ2v) is 5.39. The molecule has 0 aromatic heterocycles. The van der Waals surface area contributed by atoms with E-state index < -0.39 is 0 Å². The molecule has 0 amide bonds. The molecule has 1 nitrogen and oxygen atoms in total. The van der Waals surface area contributed by atoms with Crippen LogP contribution in [0.2, 0.25) is 0 Å². The van der Waals surface area contributed by atoms with E-state index in [4.69, 9.17) is 0 Å². The van der Waals surface area contributed by atoms with E-state index in [1.165, 1.54) is 28.0 Å². The average Bonchev–Trinajstić information content (AvgIpc) is 2.91. The van der Waals surface area contributed by atoms with Gasteiger partial charge in [0.15, 0.2) is 0 Å². The number of nitrogens with zero attached hydrogens (tertiary/aromatic N) is 1. The van der Waals surface area contributed by atoms with Crippen molar-refractivity contribution in [3.8, 4) is 0 Å². The maximum absolute atomic E-state index is 2.54. The molecule has 0 saturated heterocycles. The fraction of sp³-hybridized carbons (Fsp3) is 0.222. The molecule has 4 rings (SSSR count). The standard InChI is InChI=1S/C18H17N/c1-2-7-16-13-19(12-11-14(16)5-1)18-10-9-15-6-3-4-8-17(15)18/h1-8,10H,9,11-13H2. The van der Waals surface area contributed by atoms with Gasteiger partial charge < -0.3 is 4.90 Å². The monoisotopic (exact) mass is 247 g/mol. The molecule has 0 radical (unpaired) electrons. The number of hydrogen-bond donors (Lipinski definition) is 0. The van der Waals surface area contributed by atoms with Gasteiger partial charge in [-0.05, 0) is 29.5 Å². The molecule has 0 fully saturated rings. The molecule has 0 atom stereocenters. The summed E-state index contributed by atoms with van der Waals surface area (Å²) in [4.78, 5) is 2.54. The minimum Gasteiger partial charge on any atom is -0.367 e. The topological polar surface area (TPSA) is 3.24 Å². The molecule has 2 aromatic carbocycles. The van der Waals surface area contributed by atoms with Gasteiger partial charge in [0, 0.05) is 24.4 Å². The minimum absolute atomic E-state index is 1.05. The summed E-state index contributed by atoms with van der Waals surface area (Å²) in [5.74, 6) is 0. The Labute approximate surface area is 114 Å². The third kappa shape index (κ3) is 1.77. The Hall–Kier alpha value is -2.02. The highest BCUT2D eigenvalue weighted by molar-refractivity contribution is 5.72. The normalized spacial score (nSPS) is 16.8. The van der Waals surface area contributed by atoms with Crippen molar-refractivity contribution < 1.29 is 0 Å². The number of hydrogen-bond acceptors (Lipinski definition) is 1. The lowest BCUT2D eigenvalue weighted by Crippen LogP contribution is -2.28. The summed E-state index contributed by atoms with van der Waals surface area (Å²) in [5, 5.41) is 0. The lowest BCUT2D eigenvalue weighted by atomic mass is 9.98. The maximum atomic E-state index is 2.54. The summed E-state index contributed by atoms with van der Waals surface area (Å²) in [6, 6.07) is 17.6. The molecule has 1 aliphatic carbocycles. The minimum atomic E-state index is 1.05. The zero-order valence-corrected chi connectivity index (χ0v) is 11.0. The summed E-state index contributed by atoms with van der Waals surface area (Å²) in [7, 11) is 0. The second-order valence-electron chi connectivity index (χ2n) is 5.39. The first kappa shape index (κ1) is 10.9. The van der Waals surface area contributed by atoms with Crippen molar-refractivity contribution in [3.05, 3.63) is 76.9 Å². The van der Waals surface area contributed by atoms with Gasteiger partial charge in [0.25, 0.3) is 0 Å². The van der Waals surface area contributed by atoms with Crippen LogP contribution >= 0.6 is 0 Å². The fourth-order valence-corrected chi connectivity index (χ4v) is 3.27. The van der Waals surface area contributed by atoms with E-state index in [1.54, 1.807) is 0 Å². The number of rotatable bonds is 1. The van der Waals surface area contributed by atoms with E-state index in [9.17, 15) is 0 Å². The summed E-state index contributed by atoms with van der Waals surface area (Å²) in [5.41, 5.74) is 7.34. The predicted octanol–water partition coefficient (Wildman–Crippen LogP) is 3.64. The van der Waals surface area contributed by atoms with E-state index in [0.717, 1.165) is 25.9 Å². The molecule has 0 unspecified atom stereocenters. The van der Waals surface area contributed by atoms with E-state index in [-0.39, 0.29) is 0 Å². The van der Waals surface area contributed by atoms with Crippen molar-refractivity contribution in [2.24, 2.45) is 0 Å². The molecular formula is C18H17N. The van der Waals surface area contributed by atoms with Crippen LogP contribution in [0.1, 0.15) is 22.3 Å². The lowest BCUT2D eigenvalue weighted by Gasteiger charge is -2.32. The van der Waals surface area contributed by atoms with Crippen LogP contribution in [0.5, 0.6) is 0 Å². The van der Waals surface area contributed by atoms with E-state index in [1.807, 2.05) is 0 Å². The molecule has 94 valence electrons. The Morgan fingerprint density at radius 3 is 2.42 bits per heavy atom. The Morgan fingerprint density at radius 1 is 0.789 bits per heavy atom. The third-order valence-corrected chi connectivity index (χ3v) is 4.28. The van der Waals surface area contributed by atoms with Gasteiger partial charge in [-0.3, -0.25) is 0 Å². The van der Waals surface area contributed by atoms with Crippen LogP contribution in [0.4, 0.5) is 0 Å². The number of allylic oxidation sites excluding steroid dienone is 1. The molecule has 1 heterocycles. The van der Waals surface area contributed by atoms with Crippen molar-refractivity contribution in [2.75, 3.05) is 6.54 Å². The SMILES string of the molecule is C1=C(N2CCc3ccccc3C2)c2ccccc2C1. The third-order valence-electron chi connectivity index (χ3n) is 4.28. The van der Waals surface area contributed by atoms with Gasteiger partial charge in [-0.1, -0.05) is 54.6 Å². The lowest BCUT2D eigenvalue weighted by molar-refractivity contribution is 0.373. The van der Waals surface area contributed by atoms with Gasteiger partial charge in [0.1, 0.15) is 0 Å². The average molecular weight is 247 g/mol. The molecule has 0 spiro atoms. The summed E-state index contributed by atoms with van der Waals surface area (Å²) in [6.45, 7) is 2.19. The van der Waals surface area contributed by atoms with Crippen molar-refractivity contribution in [2.45, 2.75) is 19.4 Å². The molecule has 0 bridgehead atoms. The van der Waals surface area contributed by atoms with Crippen LogP contribution in [-0.4, -0.2) is 11.4 Å². The molecule has 1 aliphatic heterocycles. The van der Waals surface area contributed by atoms with Gasteiger partial charge in [-0.2, -0.15) is 0 Å². The van der Waals surface area contributed by atoms with Gasteiger partial charge in [-0.15, -0.1) is 0 Å². The van der Waals surface area contributed by atoms with Crippen molar-refractivity contribution in [1.82, 2.24) is 4.90 Å². The van der Waals surface area contributed by atoms with E-state index in [0.29, 0.717) is 0 Å². The second kappa shape index (κ2) is 4.27. The highest BCUT2D eigenvalue weighted by Gasteiger charge is 2.22. The first-order chi connectivity index (χ1) is 9.42. The van der Waals surface area contributed by atoms with Crippen molar-refractivity contribution >= 4 is 5.70 Å². The van der Waals surface area contributed by atoms with Gasteiger partial charge in [0.2, 0.25) is 0 Å². The van der Waals surface area contributed by atoms with Crippen LogP contribution in [0.3, 0.4) is 0 Å². The van der Waals surface area contributed by atoms with Gasteiger partial charge in [-0.25, -0.2) is 0 Å². The zero-order valence-electron chi connectivity index (χ0n) is 11.0. The molecule has 2 aromatic rings. The van der Waals surface area contributed by atoms with Crippen molar-refractivity contribution in [1.29, 1.82) is 0 Å². The van der Waals surface area contributed by atoms with Gasteiger partial charge in [0.05, 0.1) is 0 Å². The smallest absolute Gasteiger partial charge is 0.0432 e. The molecular weight excluding hydrogens is 230 g/mol. The largest absolute Gasteiger partial charge is 0.367 e. The fourth-order valence-electron chi connectivity index (χ4n) is 3.27. The zero-order chi connectivity index (χ0) is 12.7. The van der Waals surface area contributed by atoms with Crippen molar-refractivity contribution in [3.63, 3.8) is 0 Å². The Balaban J connectivity index is 1.66. The number of benzene rings is 2. The summed E-state index contributed by atoms with van der Waals surface area (Å²) < 4.78 is 0. The maximum Gasteiger partial charge on any atom is 0.0432 e. The van der Waals surface area contributed by atoms with E-state index in [2.05, 4.69) is 59.5 Å². The highest BCUT2D eigenvalue weighted by atomic mass is 15.1. The van der Waals surface area contributed by atoms with Crippen LogP contribution in [-0.2, 0) is 19.4 Å².